The van der Waals surface area contributed by atoms with Crippen LogP contribution in [0.4, 0.5) is 0 Å². The highest BCUT2D eigenvalue weighted by Crippen LogP contribution is 2.18. The summed E-state index contributed by atoms with van der Waals surface area (Å²) in [6, 6.07) is 7.19. The zero-order chi connectivity index (χ0) is 19.4. The van der Waals surface area contributed by atoms with Crippen LogP contribution in [0.25, 0.3) is 0 Å². The minimum atomic E-state index is -0.237. The number of rotatable bonds is 2. The molecule has 0 aliphatic heterocycles. The van der Waals surface area contributed by atoms with Crippen LogP contribution in [0.15, 0.2) is 24.3 Å². The number of hydrogen-bond acceptors (Lipinski definition) is 6. The SMILES string of the molecule is OC1CCC(O)CC1.OC1CCCC(O)C1.OCc1ccc(CO)cc1. The van der Waals surface area contributed by atoms with Gasteiger partial charge in [0.25, 0.3) is 0 Å². The van der Waals surface area contributed by atoms with Crippen molar-refractivity contribution < 1.29 is 30.6 Å². The van der Waals surface area contributed by atoms with Crippen LogP contribution in [0.2, 0.25) is 0 Å². The molecular weight excluding hydrogens is 336 g/mol. The molecule has 3 rings (SSSR count). The van der Waals surface area contributed by atoms with E-state index in [9.17, 15) is 0 Å². The van der Waals surface area contributed by atoms with Crippen LogP contribution in [0.5, 0.6) is 0 Å². The Labute approximate surface area is 155 Å². The Morgan fingerprint density at radius 1 is 0.577 bits per heavy atom. The van der Waals surface area contributed by atoms with Crippen LogP contribution in [0.3, 0.4) is 0 Å². The second-order valence-electron chi connectivity index (χ2n) is 7.07. The van der Waals surface area contributed by atoms with Gasteiger partial charge in [-0.05, 0) is 62.5 Å². The molecule has 26 heavy (non-hydrogen) atoms. The predicted molar refractivity (Wildman–Crippen MR) is 99.3 cm³/mol. The Balaban J connectivity index is 0.000000197. The van der Waals surface area contributed by atoms with Crippen molar-refractivity contribution in [3.8, 4) is 0 Å². The molecule has 6 nitrogen and oxygen atoms in total. The Kier molecular flexibility index (Phi) is 11.7. The van der Waals surface area contributed by atoms with Gasteiger partial charge in [-0.2, -0.15) is 0 Å². The van der Waals surface area contributed by atoms with Crippen LogP contribution in [0.1, 0.15) is 62.5 Å². The Hall–Kier alpha value is -1.02. The summed E-state index contributed by atoms with van der Waals surface area (Å²) in [7, 11) is 0. The third-order valence-electron chi connectivity index (χ3n) is 4.67. The summed E-state index contributed by atoms with van der Waals surface area (Å²) in [6.45, 7) is 0.122. The van der Waals surface area contributed by atoms with Gasteiger partial charge >= 0.3 is 0 Å². The molecule has 2 saturated carbocycles. The average Bonchev–Trinajstić information content (AvgIpc) is 2.65. The molecule has 1 aromatic carbocycles. The molecule has 0 radical (unpaired) electrons. The highest BCUT2D eigenvalue weighted by Gasteiger charge is 2.17. The van der Waals surface area contributed by atoms with Crippen molar-refractivity contribution in [3.05, 3.63) is 35.4 Å². The highest BCUT2D eigenvalue weighted by molar-refractivity contribution is 5.21. The van der Waals surface area contributed by atoms with Gasteiger partial charge in [-0.25, -0.2) is 0 Å². The van der Waals surface area contributed by atoms with Gasteiger partial charge in [0.15, 0.2) is 0 Å². The molecule has 2 fully saturated rings. The lowest BCUT2D eigenvalue weighted by Crippen LogP contribution is -2.22. The summed E-state index contributed by atoms with van der Waals surface area (Å²) in [5, 5.41) is 52.9. The topological polar surface area (TPSA) is 121 Å². The smallest absolute Gasteiger partial charge is 0.0681 e. The van der Waals surface area contributed by atoms with E-state index in [1.165, 1.54) is 0 Å². The van der Waals surface area contributed by atoms with E-state index in [1.54, 1.807) is 24.3 Å². The van der Waals surface area contributed by atoms with Crippen LogP contribution < -0.4 is 0 Å². The minimum absolute atomic E-state index is 0.0612. The van der Waals surface area contributed by atoms with E-state index in [-0.39, 0.29) is 37.6 Å². The first-order valence-corrected chi connectivity index (χ1v) is 9.46. The maximum Gasteiger partial charge on any atom is 0.0681 e. The predicted octanol–water partition coefficient (Wildman–Crippen LogP) is 1.24. The van der Waals surface area contributed by atoms with E-state index in [0.29, 0.717) is 6.42 Å². The fourth-order valence-electron chi connectivity index (χ4n) is 2.95. The maximum absolute atomic E-state index is 8.92. The van der Waals surface area contributed by atoms with Gasteiger partial charge in [0.1, 0.15) is 0 Å². The zero-order valence-electron chi connectivity index (χ0n) is 15.4. The molecule has 2 unspecified atom stereocenters. The molecule has 0 amide bonds. The Morgan fingerprint density at radius 3 is 1.15 bits per heavy atom. The second-order valence-corrected chi connectivity index (χ2v) is 7.07. The summed E-state index contributed by atoms with van der Waals surface area (Å²) in [6.07, 6.45) is 5.66. The van der Waals surface area contributed by atoms with Gasteiger partial charge in [0, 0.05) is 0 Å². The van der Waals surface area contributed by atoms with Gasteiger partial charge in [0.2, 0.25) is 0 Å². The molecule has 0 saturated heterocycles. The van der Waals surface area contributed by atoms with Crippen molar-refractivity contribution in [1.82, 2.24) is 0 Å². The highest BCUT2D eigenvalue weighted by atomic mass is 16.3. The Bertz CT molecular complexity index is 415. The van der Waals surface area contributed by atoms with E-state index in [4.69, 9.17) is 30.6 Å². The van der Waals surface area contributed by atoms with Crippen LogP contribution in [-0.2, 0) is 13.2 Å². The van der Waals surface area contributed by atoms with Gasteiger partial charge in [-0.3, -0.25) is 0 Å². The quantitative estimate of drug-likeness (QED) is 0.466. The van der Waals surface area contributed by atoms with E-state index in [2.05, 4.69) is 0 Å². The summed E-state index contributed by atoms with van der Waals surface area (Å²) < 4.78 is 0. The number of hydrogen-bond donors (Lipinski definition) is 6. The van der Waals surface area contributed by atoms with E-state index in [1.807, 2.05) is 0 Å². The third-order valence-corrected chi connectivity index (χ3v) is 4.67. The summed E-state index contributed by atoms with van der Waals surface area (Å²) in [5.74, 6) is 0. The first-order valence-electron chi connectivity index (χ1n) is 9.46. The van der Waals surface area contributed by atoms with Crippen molar-refractivity contribution in [1.29, 1.82) is 0 Å². The molecule has 6 heteroatoms. The maximum atomic E-state index is 8.92. The number of aliphatic hydroxyl groups is 6. The Morgan fingerprint density at radius 2 is 0.923 bits per heavy atom. The molecule has 2 aliphatic carbocycles. The van der Waals surface area contributed by atoms with Crippen molar-refractivity contribution in [2.75, 3.05) is 0 Å². The minimum Gasteiger partial charge on any atom is -0.393 e. The molecule has 6 N–H and O–H groups in total. The summed E-state index contributed by atoms with van der Waals surface area (Å²) in [4.78, 5) is 0. The van der Waals surface area contributed by atoms with Gasteiger partial charge in [-0.1, -0.05) is 24.3 Å². The molecule has 0 spiro atoms. The van der Waals surface area contributed by atoms with Gasteiger partial charge < -0.3 is 30.6 Å². The standard InChI is InChI=1S/C8H10O2.2C6H12O2/c9-5-7-1-2-8(6-10)4-3-7;7-5-1-2-6(8)4-3-5;7-5-2-1-3-6(8)4-5/h1-4,9-10H,5-6H2;2*5-8H,1-4H2. The lowest BCUT2D eigenvalue weighted by atomic mass is 9.95. The number of aliphatic hydroxyl groups excluding tert-OH is 6. The molecule has 0 aromatic heterocycles. The van der Waals surface area contributed by atoms with Crippen molar-refractivity contribution in [2.24, 2.45) is 0 Å². The molecule has 0 heterocycles. The first kappa shape index (κ1) is 23.0. The van der Waals surface area contributed by atoms with Gasteiger partial charge in [-0.15, -0.1) is 0 Å². The lowest BCUT2D eigenvalue weighted by Gasteiger charge is -2.20. The van der Waals surface area contributed by atoms with Crippen LogP contribution >= 0.6 is 0 Å². The van der Waals surface area contributed by atoms with Crippen LogP contribution in [-0.4, -0.2) is 55.1 Å². The van der Waals surface area contributed by atoms with Crippen molar-refractivity contribution in [3.63, 3.8) is 0 Å². The van der Waals surface area contributed by atoms with Gasteiger partial charge in [0.05, 0.1) is 37.6 Å². The van der Waals surface area contributed by atoms with E-state index < -0.39 is 0 Å². The summed E-state index contributed by atoms with van der Waals surface area (Å²) >= 11 is 0. The normalized spacial score (nSPS) is 28.2. The average molecular weight is 370 g/mol. The summed E-state index contributed by atoms with van der Waals surface area (Å²) in [5.41, 5.74) is 1.74. The number of benzene rings is 1. The molecule has 1 aromatic rings. The second kappa shape index (κ2) is 13.2. The fraction of sp³-hybridized carbons (Fsp3) is 0.700. The largest absolute Gasteiger partial charge is 0.393 e. The first-order chi connectivity index (χ1) is 12.4. The molecule has 2 aliphatic rings. The van der Waals surface area contributed by atoms with E-state index in [0.717, 1.165) is 56.1 Å². The lowest BCUT2D eigenvalue weighted by molar-refractivity contribution is 0.0406. The monoisotopic (exact) mass is 370 g/mol. The zero-order valence-corrected chi connectivity index (χ0v) is 15.4. The third kappa shape index (κ3) is 10.2. The molecule has 2 atom stereocenters. The van der Waals surface area contributed by atoms with Crippen molar-refractivity contribution in [2.45, 2.75) is 89.0 Å². The molecule has 0 bridgehead atoms. The van der Waals surface area contributed by atoms with Crippen molar-refractivity contribution >= 4 is 0 Å². The van der Waals surface area contributed by atoms with E-state index >= 15 is 0 Å². The fourth-order valence-corrected chi connectivity index (χ4v) is 2.95. The van der Waals surface area contributed by atoms with Crippen LogP contribution in [0, 0.1) is 0 Å². The molecular formula is C20H34O6. The molecule has 150 valence electrons.